The fraction of sp³-hybridized carbons (Fsp3) is 0.917. The van der Waals surface area contributed by atoms with Gasteiger partial charge >= 0.3 is 0 Å². The third-order valence-corrected chi connectivity index (χ3v) is 3.55. The highest BCUT2D eigenvalue weighted by atomic mass is 16.2. The van der Waals surface area contributed by atoms with Crippen LogP contribution in [0, 0.1) is 11.3 Å². The van der Waals surface area contributed by atoms with Crippen molar-refractivity contribution in [2.75, 3.05) is 13.1 Å². The van der Waals surface area contributed by atoms with Crippen molar-refractivity contribution in [2.24, 2.45) is 17.1 Å². The Morgan fingerprint density at radius 2 is 2.07 bits per heavy atom. The van der Waals surface area contributed by atoms with E-state index in [4.69, 9.17) is 5.73 Å². The summed E-state index contributed by atoms with van der Waals surface area (Å²) in [6.07, 6.45) is 1.93. The number of carbonyl (C=O) groups excluding carboxylic acids is 1. The minimum absolute atomic E-state index is 0.236. The number of rotatable bonds is 4. The van der Waals surface area contributed by atoms with E-state index in [1.54, 1.807) is 0 Å². The lowest BCUT2D eigenvalue weighted by molar-refractivity contribution is -0.151. The Morgan fingerprint density at radius 3 is 2.33 bits per heavy atom. The van der Waals surface area contributed by atoms with Crippen molar-refractivity contribution in [3.8, 4) is 0 Å². The van der Waals surface area contributed by atoms with Gasteiger partial charge in [0.15, 0.2) is 0 Å². The molecule has 0 aromatic heterocycles. The molecule has 0 aliphatic heterocycles. The average Bonchev–Trinajstić information content (AvgIpc) is 2.12. The van der Waals surface area contributed by atoms with E-state index in [9.17, 15) is 4.79 Å². The van der Waals surface area contributed by atoms with E-state index < -0.39 is 0 Å². The Balaban J connectivity index is 2.73. The molecular formula is C12H24N2O. The highest BCUT2D eigenvalue weighted by Gasteiger charge is 2.48. The van der Waals surface area contributed by atoms with E-state index in [0.29, 0.717) is 12.5 Å². The van der Waals surface area contributed by atoms with Crippen LogP contribution < -0.4 is 5.73 Å². The highest BCUT2D eigenvalue weighted by molar-refractivity contribution is 5.84. The molecule has 0 heterocycles. The first-order valence-corrected chi connectivity index (χ1v) is 5.98. The molecule has 0 bridgehead atoms. The fourth-order valence-corrected chi connectivity index (χ4v) is 2.75. The van der Waals surface area contributed by atoms with E-state index in [1.165, 1.54) is 0 Å². The Hall–Kier alpha value is -0.570. The van der Waals surface area contributed by atoms with E-state index in [0.717, 1.165) is 19.4 Å². The molecule has 1 aliphatic carbocycles. The molecule has 88 valence electrons. The topological polar surface area (TPSA) is 46.3 Å². The van der Waals surface area contributed by atoms with E-state index >= 15 is 0 Å². The van der Waals surface area contributed by atoms with E-state index in [2.05, 4.69) is 20.8 Å². The summed E-state index contributed by atoms with van der Waals surface area (Å²) in [5.74, 6) is 0.920. The quantitative estimate of drug-likeness (QED) is 0.769. The molecule has 1 amide bonds. The van der Waals surface area contributed by atoms with Crippen LogP contribution in [0.4, 0.5) is 0 Å². The first kappa shape index (κ1) is 12.5. The largest absolute Gasteiger partial charge is 0.340 e. The van der Waals surface area contributed by atoms with Crippen LogP contribution in [-0.2, 0) is 4.79 Å². The summed E-state index contributed by atoms with van der Waals surface area (Å²) in [5.41, 5.74) is 5.54. The van der Waals surface area contributed by atoms with Gasteiger partial charge in [0.05, 0.1) is 5.41 Å². The number of nitrogens with two attached hydrogens (primary N) is 1. The van der Waals surface area contributed by atoms with Crippen LogP contribution in [0.15, 0.2) is 0 Å². The molecule has 1 aliphatic rings. The van der Waals surface area contributed by atoms with Gasteiger partial charge in [-0.15, -0.1) is 0 Å². The van der Waals surface area contributed by atoms with Crippen molar-refractivity contribution in [3.05, 3.63) is 0 Å². The van der Waals surface area contributed by atoms with Crippen LogP contribution in [0.1, 0.15) is 40.5 Å². The van der Waals surface area contributed by atoms with E-state index in [-0.39, 0.29) is 17.4 Å². The summed E-state index contributed by atoms with van der Waals surface area (Å²) in [6.45, 7) is 9.63. The van der Waals surface area contributed by atoms with Crippen LogP contribution in [0.25, 0.3) is 0 Å². The molecule has 0 radical (unpaired) electrons. The Labute approximate surface area is 93.0 Å². The van der Waals surface area contributed by atoms with Gasteiger partial charge in [0, 0.05) is 19.1 Å². The van der Waals surface area contributed by atoms with Gasteiger partial charge in [-0.3, -0.25) is 4.79 Å². The lowest BCUT2D eigenvalue weighted by Gasteiger charge is -2.47. The third kappa shape index (κ3) is 2.17. The van der Waals surface area contributed by atoms with Gasteiger partial charge in [-0.25, -0.2) is 0 Å². The standard InChI is InChI=1S/C12H24N2O/c1-5-14(9(2)3)11(15)12(8-13)6-10(4)7-12/h9-10H,5-8,13H2,1-4H3. The lowest BCUT2D eigenvalue weighted by atomic mass is 9.61. The van der Waals surface area contributed by atoms with Gasteiger partial charge in [0.2, 0.25) is 5.91 Å². The summed E-state index contributed by atoms with van der Waals surface area (Å²) in [5, 5.41) is 0. The summed E-state index contributed by atoms with van der Waals surface area (Å²) < 4.78 is 0. The zero-order chi connectivity index (χ0) is 11.6. The molecule has 0 atom stereocenters. The van der Waals surface area contributed by atoms with Gasteiger partial charge in [-0.1, -0.05) is 6.92 Å². The maximum Gasteiger partial charge on any atom is 0.230 e. The molecule has 3 heteroatoms. The Kier molecular flexibility index (Phi) is 3.77. The zero-order valence-corrected chi connectivity index (χ0v) is 10.4. The minimum Gasteiger partial charge on any atom is -0.340 e. The molecular weight excluding hydrogens is 188 g/mol. The molecule has 0 aromatic carbocycles. The molecule has 0 unspecified atom stereocenters. The van der Waals surface area contributed by atoms with Crippen LogP contribution in [0.5, 0.6) is 0 Å². The second kappa shape index (κ2) is 4.52. The minimum atomic E-state index is -0.236. The van der Waals surface area contributed by atoms with Crippen LogP contribution in [0.2, 0.25) is 0 Å². The van der Waals surface area contributed by atoms with Crippen LogP contribution in [0.3, 0.4) is 0 Å². The molecule has 3 nitrogen and oxygen atoms in total. The number of hydrogen-bond acceptors (Lipinski definition) is 2. The van der Waals surface area contributed by atoms with Gasteiger partial charge in [0.1, 0.15) is 0 Å². The van der Waals surface area contributed by atoms with Crippen molar-refractivity contribution in [1.29, 1.82) is 0 Å². The monoisotopic (exact) mass is 212 g/mol. The summed E-state index contributed by atoms with van der Waals surface area (Å²) in [7, 11) is 0. The summed E-state index contributed by atoms with van der Waals surface area (Å²) in [4.78, 5) is 14.3. The van der Waals surface area contributed by atoms with Gasteiger partial charge in [-0.05, 0) is 39.5 Å². The van der Waals surface area contributed by atoms with Gasteiger partial charge in [0.25, 0.3) is 0 Å². The summed E-state index contributed by atoms with van der Waals surface area (Å²) >= 11 is 0. The Bertz CT molecular complexity index is 232. The van der Waals surface area contributed by atoms with E-state index in [1.807, 2.05) is 11.8 Å². The zero-order valence-electron chi connectivity index (χ0n) is 10.4. The number of amides is 1. The first-order chi connectivity index (χ1) is 6.96. The molecule has 15 heavy (non-hydrogen) atoms. The highest BCUT2D eigenvalue weighted by Crippen LogP contribution is 2.46. The van der Waals surface area contributed by atoms with Crippen molar-refractivity contribution >= 4 is 5.91 Å². The first-order valence-electron chi connectivity index (χ1n) is 5.98. The third-order valence-electron chi connectivity index (χ3n) is 3.55. The second-order valence-corrected chi connectivity index (χ2v) is 5.18. The maximum absolute atomic E-state index is 12.3. The van der Waals surface area contributed by atoms with Crippen molar-refractivity contribution in [3.63, 3.8) is 0 Å². The van der Waals surface area contributed by atoms with Crippen molar-refractivity contribution in [1.82, 2.24) is 4.90 Å². The average molecular weight is 212 g/mol. The number of nitrogens with zero attached hydrogens (tertiary/aromatic N) is 1. The number of hydrogen-bond donors (Lipinski definition) is 1. The van der Waals surface area contributed by atoms with Crippen LogP contribution in [-0.4, -0.2) is 29.9 Å². The van der Waals surface area contributed by atoms with Crippen molar-refractivity contribution in [2.45, 2.75) is 46.6 Å². The molecule has 1 saturated carbocycles. The van der Waals surface area contributed by atoms with Crippen molar-refractivity contribution < 1.29 is 4.79 Å². The molecule has 1 fully saturated rings. The molecule has 0 spiro atoms. The predicted molar refractivity (Wildman–Crippen MR) is 62.4 cm³/mol. The molecule has 0 aromatic rings. The maximum atomic E-state index is 12.3. The normalized spacial score (nSPS) is 30.1. The van der Waals surface area contributed by atoms with Gasteiger partial charge < -0.3 is 10.6 Å². The second-order valence-electron chi connectivity index (χ2n) is 5.18. The summed E-state index contributed by atoms with van der Waals surface area (Å²) in [6, 6.07) is 0.279. The number of carbonyl (C=O) groups is 1. The molecule has 0 saturated heterocycles. The van der Waals surface area contributed by atoms with Gasteiger partial charge in [-0.2, -0.15) is 0 Å². The Morgan fingerprint density at radius 1 is 1.53 bits per heavy atom. The smallest absolute Gasteiger partial charge is 0.230 e. The predicted octanol–water partition coefficient (Wildman–Crippen LogP) is 1.62. The SMILES string of the molecule is CCN(C(=O)C1(CN)CC(C)C1)C(C)C. The van der Waals surface area contributed by atoms with Crippen LogP contribution >= 0.6 is 0 Å². The lowest BCUT2D eigenvalue weighted by Crippen LogP contribution is -2.56. The fourth-order valence-electron chi connectivity index (χ4n) is 2.75. The molecule has 1 rings (SSSR count). The molecule has 2 N–H and O–H groups in total.